The SMILES string of the molecule is FC(F)(F)C(F)(F)C(F)(F)C(F)(F)C(F)(F)C(F)(F)C(F)(F)C(F)(F)F.[LiH]. The van der Waals surface area contributed by atoms with Gasteiger partial charge in [-0.3, -0.25) is 0 Å². The van der Waals surface area contributed by atoms with Crippen LogP contribution >= 0.6 is 0 Å². The first-order chi connectivity index (χ1) is 10.8. The molecule has 0 rings (SSSR count). The van der Waals surface area contributed by atoms with Crippen LogP contribution in [0, 0.1) is 0 Å². The number of hydrogen-bond donors (Lipinski definition) is 0. The Hall–Kier alpha value is -0.663. The Morgan fingerprint density at radius 2 is 0.333 bits per heavy atom. The van der Waals surface area contributed by atoms with Gasteiger partial charge in [0.2, 0.25) is 0 Å². The van der Waals surface area contributed by atoms with E-state index in [9.17, 15) is 79.0 Å². The number of hydrogen-bond acceptors (Lipinski definition) is 0. The summed E-state index contributed by atoms with van der Waals surface area (Å²) in [7, 11) is 0. The summed E-state index contributed by atoms with van der Waals surface area (Å²) in [6, 6.07) is 0. The summed E-state index contributed by atoms with van der Waals surface area (Å²) in [5, 5.41) is 0. The van der Waals surface area contributed by atoms with Crippen molar-refractivity contribution < 1.29 is 79.0 Å². The first-order valence-corrected chi connectivity index (χ1v) is 5.15. The van der Waals surface area contributed by atoms with E-state index in [0.717, 1.165) is 0 Å². The van der Waals surface area contributed by atoms with Crippen LogP contribution in [0.3, 0.4) is 0 Å². The van der Waals surface area contributed by atoms with Crippen LogP contribution in [0.2, 0.25) is 0 Å². The molecule has 0 saturated carbocycles. The molecule has 19 heteroatoms. The normalized spacial score (nSPS) is 16.2. The van der Waals surface area contributed by atoms with Crippen molar-refractivity contribution >= 4 is 18.9 Å². The van der Waals surface area contributed by atoms with Crippen LogP contribution in [0.25, 0.3) is 0 Å². The van der Waals surface area contributed by atoms with Gasteiger partial charge in [-0.15, -0.1) is 0 Å². The third kappa shape index (κ3) is 3.55. The van der Waals surface area contributed by atoms with E-state index in [0.29, 0.717) is 0 Å². The molecule has 27 heavy (non-hydrogen) atoms. The van der Waals surface area contributed by atoms with E-state index in [-0.39, 0.29) is 18.9 Å². The molecule has 0 bridgehead atoms. The van der Waals surface area contributed by atoms with E-state index in [1.807, 2.05) is 0 Å². The van der Waals surface area contributed by atoms with Crippen LogP contribution in [0.1, 0.15) is 0 Å². The summed E-state index contributed by atoms with van der Waals surface area (Å²) >= 11 is 0. The molecule has 0 fully saturated rings. The quantitative estimate of drug-likeness (QED) is 0.399. The molecule has 0 nitrogen and oxygen atoms in total. The average molecular weight is 446 g/mol. The summed E-state index contributed by atoms with van der Waals surface area (Å²) < 4.78 is 221. The Morgan fingerprint density at radius 1 is 0.222 bits per heavy atom. The van der Waals surface area contributed by atoms with Crippen LogP contribution in [-0.2, 0) is 0 Å². The van der Waals surface area contributed by atoms with Crippen LogP contribution in [0.5, 0.6) is 0 Å². The van der Waals surface area contributed by atoms with Gasteiger partial charge in [-0.1, -0.05) is 0 Å². The molecule has 0 aliphatic heterocycles. The average Bonchev–Trinajstić information content (AvgIpc) is 2.34. The molecule has 0 aromatic heterocycles. The first kappa shape index (κ1) is 28.5. The van der Waals surface area contributed by atoms with Crippen molar-refractivity contribution in [3.63, 3.8) is 0 Å². The molecule has 0 aliphatic rings. The Labute approximate surface area is 147 Å². The Bertz CT molecular complexity index is 474. The van der Waals surface area contributed by atoms with E-state index in [4.69, 9.17) is 0 Å². The molecule has 0 saturated heterocycles. The summed E-state index contributed by atoms with van der Waals surface area (Å²) in [4.78, 5) is 0. The molecule has 0 amide bonds. The molecule has 0 N–H and O–H groups in total. The van der Waals surface area contributed by atoms with Crippen molar-refractivity contribution in [1.29, 1.82) is 0 Å². The van der Waals surface area contributed by atoms with Crippen LogP contribution in [-0.4, -0.2) is 66.7 Å². The van der Waals surface area contributed by atoms with E-state index >= 15 is 0 Å². The zero-order valence-electron chi connectivity index (χ0n) is 10.8. The summed E-state index contributed by atoms with van der Waals surface area (Å²) in [6.45, 7) is 0. The van der Waals surface area contributed by atoms with Crippen LogP contribution in [0.15, 0.2) is 0 Å². The van der Waals surface area contributed by atoms with Gasteiger partial charge < -0.3 is 0 Å². The van der Waals surface area contributed by atoms with E-state index < -0.39 is 47.9 Å². The fourth-order valence-electron chi connectivity index (χ4n) is 1.14. The summed E-state index contributed by atoms with van der Waals surface area (Å²) in [6.07, 6.45) is -15.6. The Kier molecular flexibility index (Phi) is 7.08. The standard InChI is InChI=1S/C8F18.Li.H/c9-1(10,3(13,14)5(17,18)7(21,22)23)2(11,12)4(15,16)6(19,20)8(24,25)26;;. The zero-order chi connectivity index (χ0) is 22.0. The number of rotatable bonds is 5. The third-order valence-electron chi connectivity index (χ3n) is 2.68. The maximum atomic E-state index is 12.8. The van der Waals surface area contributed by atoms with Crippen molar-refractivity contribution in [2.75, 3.05) is 0 Å². The van der Waals surface area contributed by atoms with Gasteiger partial charge in [-0.05, 0) is 0 Å². The van der Waals surface area contributed by atoms with Gasteiger partial charge >= 0.3 is 66.7 Å². The molecule has 0 atom stereocenters. The van der Waals surface area contributed by atoms with Gasteiger partial charge in [-0.2, -0.15) is 79.0 Å². The maximum absolute atomic E-state index is 12.8. The van der Waals surface area contributed by atoms with Gasteiger partial charge in [-0.25, -0.2) is 0 Å². The van der Waals surface area contributed by atoms with Crippen LogP contribution < -0.4 is 0 Å². The molecule has 0 spiro atoms. The molecule has 0 radical (unpaired) electrons. The van der Waals surface area contributed by atoms with Crippen LogP contribution in [0.4, 0.5) is 79.0 Å². The van der Waals surface area contributed by atoms with Crippen molar-refractivity contribution in [3.8, 4) is 0 Å². The van der Waals surface area contributed by atoms with Gasteiger partial charge in [0.1, 0.15) is 0 Å². The first-order valence-electron chi connectivity index (χ1n) is 5.15. The molecule has 0 aliphatic carbocycles. The molecule has 0 aromatic rings. The fraction of sp³-hybridized carbons (Fsp3) is 1.00. The van der Waals surface area contributed by atoms with Crippen molar-refractivity contribution in [3.05, 3.63) is 0 Å². The molecular weight excluding hydrogens is 445 g/mol. The summed E-state index contributed by atoms with van der Waals surface area (Å²) in [5.41, 5.74) is 0. The predicted molar refractivity (Wildman–Crippen MR) is 48.9 cm³/mol. The van der Waals surface area contributed by atoms with Crippen molar-refractivity contribution in [2.45, 2.75) is 47.9 Å². The number of halogens is 18. The van der Waals surface area contributed by atoms with Gasteiger partial charge in [0.05, 0.1) is 0 Å². The van der Waals surface area contributed by atoms with Crippen molar-refractivity contribution in [1.82, 2.24) is 0 Å². The number of alkyl halides is 18. The zero-order valence-corrected chi connectivity index (χ0v) is 10.8. The predicted octanol–water partition coefficient (Wildman–Crippen LogP) is 5.27. The second-order valence-electron chi connectivity index (χ2n) is 4.44. The van der Waals surface area contributed by atoms with E-state index in [1.165, 1.54) is 0 Å². The van der Waals surface area contributed by atoms with Gasteiger partial charge in [0.15, 0.2) is 0 Å². The molecular formula is C8HF18Li. The van der Waals surface area contributed by atoms with E-state index in [1.54, 1.807) is 0 Å². The second kappa shape index (κ2) is 6.70. The minimum absolute atomic E-state index is 0. The summed E-state index contributed by atoms with van der Waals surface area (Å²) in [5.74, 6) is -51.0. The molecule has 160 valence electrons. The molecule has 0 unspecified atom stereocenters. The minimum atomic E-state index is -8.72. The van der Waals surface area contributed by atoms with Gasteiger partial charge in [0.25, 0.3) is 0 Å². The van der Waals surface area contributed by atoms with Crippen molar-refractivity contribution in [2.24, 2.45) is 0 Å². The Balaban J connectivity index is 0. The fourth-order valence-corrected chi connectivity index (χ4v) is 1.14. The van der Waals surface area contributed by atoms with E-state index in [2.05, 4.69) is 0 Å². The van der Waals surface area contributed by atoms with Gasteiger partial charge in [0, 0.05) is 0 Å². The second-order valence-corrected chi connectivity index (χ2v) is 4.44. The molecule has 0 aromatic carbocycles. The topological polar surface area (TPSA) is 0 Å². The molecule has 0 heterocycles. The monoisotopic (exact) mass is 446 g/mol. The Morgan fingerprint density at radius 3 is 0.444 bits per heavy atom. The third-order valence-corrected chi connectivity index (χ3v) is 2.68.